The minimum atomic E-state index is -0.663. The second-order valence-corrected chi connectivity index (χ2v) is 12.9. The Morgan fingerprint density at radius 2 is 1.90 bits per heavy atom. The van der Waals surface area contributed by atoms with Gasteiger partial charge in [-0.15, -0.1) is 0 Å². The van der Waals surface area contributed by atoms with E-state index in [2.05, 4.69) is 46.6 Å². The highest BCUT2D eigenvalue weighted by atomic mass is 35.5. The predicted molar refractivity (Wildman–Crippen MR) is 162 cm³/mol. The molecule has 1 aliphatic heterocycles. The predicted octanol–water partition coefficient (Wildman–Crippen LogP) is 5.39. The number of hydrogen-bond acceptors (Lipinski definition) is 5. The molecule has 1 spiro atoms. The Labute approximate surface area is 249 Å². The van der Waals surface area contributed by atoms with Crippen LogP contribution in [0.15, 0.2) is 54.9 Å². The molecule has 3 amide bonds. The highest BCUT2D eigenvalue weighted by Gasteiger charge is 2.51. The van der Waals surface area contributed by atoms with E-state index in [0.717, 1.165) is 33.2 Å². The van der Waals surface area contributed by atoms with Gasteiger partial charge < -0.3 is 15.5 Å². The number of carbonyl (C=O) groups is 3. The summed E-state index contributed by atoms with van der Waals surface area (Å²) in [6.07, 6.45) is 4.68. The van der Waals surface area contributed by atoms with Gasteiger partial charge in [-0.25, -0.2) is 4.98 Å². The smallest absolute Gasteiger partial charge is 0.237 e. The van der Waals surface area contributed by atoms with E-state index in [1.165, 1.54) is 0 Å². The SMILES string of the molecule is CC(C)(C)CN(Cc1ccc(Cl)c2[nH]ncc12)C(=O)CCC(=O)Nc1ccc2c(c1)CC1(C2)C(=O)Nc2ncccc21. The molecule has 9 nitrogen and oxygen atoms in total. The first-order valence-corrected chi connectivity index (χ1v) is 14.5. The Kier molecular flexibility index (Phi) is 7.01. The van der Waals surface area contributed by atoms with Gasteiger partial charge in [-0.3, -0.25) is 19.5 Å². The van der Waals surface area contributed by atoms with Crippen molar-refractivity contribution in [3.63, 3.8) is 0 Å². The second-order valence-electron chi connectivity index (χ2n) is 12.5. The van der Waals surface area contributed by atoms with E-state index >= 15 is 0 Å². The number of fused-ring (bicyclic) bond motifs is 4. The minimum Gasteiger partial charge on any atom is -0.338 e. The van der Waals surface area contributed by atoms with Gasteiger partial charge >= 0.3 is 0 Å². The summed E-state index contributed by atoms with van der Waals surface area (Å²) in [7, 11) is 0. The largest absolute Gasteiger partial charge is 0.338 e. The van der Waals surface area contributed by atoms with Gasteiger partial charge in [0.1, 0.15) is 5.82 Å². The lowest BCUT2D eigenvalue weighted by Gasteiger charge is -2.30. The number of pyridine rings is 1. The molecule has 1 aliphatic carbocycles. The monoisotopic (exact) mass is 584 g/mol. The van der Waals surface area contributed by atoms with Crippen LogP contribution in [0.3, 0.4) is 0 Å². The van der Waals surface area contributed by atoms with Gasteiger partial charge in [0.2, 0.25) is 17.7 Å². The first-order chi connectivity index (χ1) is 20.0. The van der Waals surface area contributed by atoms with E-state index in [4.69, 9.17) is 11.6 Å². The molecule has 0 fully saturated rings. The van der Waals surface area contributed by atoms with Gasteiger partial charge in [-0.2, -0.15) is 5.10 Å². The van der Waals surface area contributed by atoms with Gasteiger partial charge in [-0.1, -0.05) is 50.6 Å². The molecule has 42 heavy (non-hydrogen) atoms. The Morgan fingerprint density at radius 3 is 2.71 bits per heavy atom. The van der Waals surface area contributed by atoms with Gasteiger partial charge in [0.05, 0.1) is 22.2 Å². The third-order valence-electron chi connectivity index (χ3n) is 8.06. The molecule has 10 heteroatoms. The second kappa shape index (κ2) is 10.5. The molecular formula is C32H33ClN6O3. The average Bonchev–Trinajstić information content (AvgIpc) is 3.65. The van der Waals surface area contributed by atoms with Crippen molar-refractivity contribution in [3.05, 3.63) is 82.1 Å². The summed E-state index contributed by atoms with van der Waals surface area (Å²) >= 11 is 6.30. The van der Waals surface area contributed by atoms with E-state index in [0.29, 0.717) is 42.5 Å². The summed E-state index contributed by atoms with van der Waals surface area (Å²) in [5.74, 6) is 0.258. The molecular weight excluding hydrogens is 552 g/mol. The van der Waals surface area contributed by atoms with Crippen LogP contribution in [0.4, 0.5) is 11.5 Å². The highest BCUT2D eigenvalue weighted by Crippen LogP contribution is 2.47. The summed E-state index contributed by atoms with van der Waals surface area (Å²) < 4.78 is 0. The average molecular weight is 585 g/mol. The first-order valence-electron chi connectivity index (χ1n) is 14.1. The number of halogens is 1. The fourth-order valence-electron chi connectivity index (χ4n) is 6.15. The van der Waals surface area contributed by atoms with Crippen molar-refractivity contribution in [1.29, 1.82) is 0 Å². The van der Waals surface area contributed by atoms with Gasteiger partial charge in [0.25, 0.3) is 0 Å². The maximum atomic E-state index is 13.4. The molecule has 1 atom stereocenters. The lowest BCUT2D eigenvalue weighted by Crippen LogP contribution is -2.37. The number of hydrogen-bond donors (Lipinski definition) is 3. The van der Waals surface area contributed by atoms with Crippen molar-refractivity contribution in [3.8, 4) is 0 Å². The van der Waals surface area contributed by atoms with Crippen molar-refractivity contribution in [2.75, 3.05) is 17.2 Å². The molecule has 2 aromatic carbocycles. The van der Waals surface area contributed by atoms with Crippen LogP contribution in [0.2, 0.25) is 5.02 Å². The zero-order valence-corrected chi connectivity index (χ0v) is 24.6. The summed E-state index contributed by atoms with van der Waals surface area (Å²) in [5.41, 5.74) is 4.58. The number of aromatic nitrogens is 3. The van der Waals surface area contributed by atoms with Crippen LogP contribution in [-0.2, 0) is 39.2 Å². The molecule has 0 saturated heterocycles. The van der Waals surface area contributed by atoms with E-state index in [1.807, 2.05) is 36.4 Å². The van der Waals surface area contributed by atoms with Crippen LogP contribution >= 0.6 is 11.6 Å². The Balaban J connectivity index is 1.11. The first kappa shape index (κ1) is 27.9. The number of anilines is 2. The summed E-state index contributed by atoms with van der Waals surface area (Å²) in [6, 6.07) is 13.3. The number of rotatable bonds is 7. The van der Waals surface area contributed by atoms with E-state index in [9.17, 15) is 14.4 Å². The van der Waals surface area contributed by atoms with Crippen molar-refractivity contribution in [1.82, 2.24) is 20.1 Å². The van der Waals surface area contributed by atoms with Crippen molar-refractivity contribution in [2.24, 2.45) is 5.41 Å². The molecule has 0 bridgehead atoms. The van der Waals surface area contributed by atoms with Crippen LogP contribution in [0, 0.1) is 5.41 Å². The van der Waals surface area contributed by atoms with Gasteiger partial charge in [-0.05, 0) is 59.2 Å². The lowest BCUT2D eigenvalue weighted by molar-refractivity contribution is -0.134. The number of aromatic amines is 1. The fraction of sp³-hybridized carbons (Fsp3) is 0.344. The number of carbonyl (C=O) groups excluding carboxylic acids is 3. The molecule has 0 radical (unpaired) electrons. The maximum absolute atomic E-state index is 13.4. The molecule has 3 heterocycles. The Hall–Kier alpha value is -4.24. The van der Waals surface area contributed by atoms with E-state index < -0.39 is 5.41 Å². The lowest BCUT2D eigenvalue weighted by atomic mass is 9.79. The number of amides is 3. The highest BCUT2D eigenvalue weighted by molar-refractivity contribution is 6.35. The third-order valence-corrected chi connectivity index (χ3v) is 8.38. The molecule has 0 saturated carbocycles. The molecule has 2 aromatic heterocycles. The van der Waals surface area contributed by atoms with Crippen molar-refractivity contribution in [2.45, 2.75) is 58.4 Å². The van der Waals surface area contributed by atoms with Crippen LogP contribution in [-0.4, -0.2) is 44.3 Å². The number of nitrogens with zero attached hydrogens (tertiary/aromatic N) is 3. The maximum Gasteiger partial charge on any atom is 0.237 e. The van der Waals surface area contributed by atoms with E-state index in [1.54, 1.807) is 23.4 Å². The minimum absolute atomic E-state index is 0.0385. The summed E-state index contributed by atoms with van der Waals surface area (Å²) in [4.78, 5) is 45.5. The molecule has 216 valence electrons. The third kappa shape index (κ3) is 5.25. The quantitative estimate of drug-likeness (QED) is 0.269. The Bertz CT molecular complexity index is 1720. The van der Waals surface area contributed by atoms with Crippen molar-refractivity contribution >= 4 is 51.7 Å². The molecule has 3 N–H and O–H groups in total. The van der Waals surface area contributed by atoms with Crippen molar-refractivity contribution < 1.29 is 14.4 Å². The topological polar surface area (TPSA) is 120 Å². The molecule has 6 rings (SSSR count). The summed E-state index contributed by atoms with van der Waals surface area (Å²) in [6.45, 7) is 7.17. The van der Waals surface area contributed by atoms with Crippen LogP contribution in [0.25, 0.3) is 10.9 Å². The number of benzene rings is 2. The fourth-order valence-corrected chi connectivity index (χ4v) is 6.36. The molecule has 1 unspecified atom stereocenters. The molecule has 2 aliphatic rings. The van der Waals surface area contributed by atoms with Crippen LogP contribution < -0.4 is 10.6 Å². The van der Waals surface area contributed by atoms with Crippen LogP contribution in [0.1, 0.15) is 55.9 Å². The van der Waals surface area contributed by atoms with Gasteiger partial charge in [0, 0.05) is 48.8 Å². The number of nitrogens with one attached hydrogen (secondary N) is 3. The zero-order valence-electron chi connectivity index (χ0n) is 23.9. The molecule has 4 aromatic rings. The summed E-state index contributed by atoms with van der Waals surface area (Å²) in [5, 5.41) is 14.4. The zero-order chi connectivity index (χ0) is 29.6. The Morgan fingerprint density at radius 1 is 1.10 bits per heavy atom. The number of H-pyrrole nitrogens is 1. The van der Waals surface area contributed by atoms with Gasteiger partial charge in [0.15, 0.2) is 0 Å². The van der Waals surface area contributed by atoms with E-state index in [-0.39, 0.29) is 36.0 Å². The standard InChI is InChI=1S/C32H33ClN6O3/c1-31(2,3)18-39(17-20-7-9-25(33)28-23(20)16-35-38-28)27(41)11-10-26(40)36-22-8-6-19-14-32(15-21(19)13-22)24-5-4-12-34-29(24)37-30(32)42/h4-9,12-13,16H,10-11,14-15,17-18H2,1-3H3,(H,35,38)(H,36,40)(H,34,37,42). The van der Waals surface area contributed by atoms with Crippen LogP contribution in [0.5, 0.6) is 0 Å². The normalized spacial score (nSPS) is 17.3.